The molecule has 0 aromatic carbocycles. The summed E-state index contributed by atoms with van der Waals surface area (Å²) in [5.74, 6) is 0.00584. The highest BCUT2D eigenvalue weighted by Gasteiger charge is 2.15. The highest BCUT2D eigenvalue weighted by molar-refractivity contribution is 5.78. The van der Waals surface area contributed by atoms with Gasteiger partial charge in [0.05, 0.1) is 13.1 Å². The van der Waals surface area contributed by atoms with Crippen LogP contribution in [0.3, 0.4) is 0 Å². The molecule has 0 aromatic rings. The summed E-state index contributed by atoms with van der Waals surface area (Å²) in [6.07, 6.45) is 4.59. The number of carbonyl (C=O) groups is 1. The van der Waals surface area contributed by atoms with E-state index in [9.17, 15) is 4.79 Å². The van der Waals surface area contributed by atoms with Crippen LogP contribution in [0.25, 0.3) is 0 Å². The van der Waals surface area contributed by atoms with E-state index < -0.39 is 0 Å². The van der Waals surface area contributed by atoms with E-state index in [4.69, 9.17) is 9.47 Å². The van der Waals surface area contributed by atoms with Crippen molar-refractivity contribution in [1.82, 2.24) is 10.6 Å². The minimum absolute atomic E-state index is 0.00584. The second-order valence-electron chi connectivity index (χ2n) is 4.51. The standard InChI is InChI=1S/C13H26N2O3/c1-3-17-13(18-4-2)10-15-12(16)9-14-11-7-5-6-8-11/h11,13-14H,3-10H2,1-2H3,(H,15,16). The van der Waals surface area contributed by atoms with Crippen LogP contribution in [-0.4, -0.2) is 44.5 Å². The summed E-state index contributed by atoms with van der Waals surface area (Å²) in [7, 11) is 0. The van der Waals surface area contributed by atoms with Crippen molar-refractivity contribution >= 4 is 5.91 Å². The van der Waals surface area contributed by atoms with Crippen LogP contribution in [0.4, 0.5) is 0 Å². The van der Waals surface area contributed by atoms with Gasteiger partial charge in [-0.15, -0.1) is 0 Å². The molecule has 0 aliphatic heterocycles. The lowest BCUT2D eigenvalue weighted by molar-refractivity contribution is -0.140. The van der Waals surface area contributed by atoms with Gasteiger partial charge in [-0.3, -0.25) is 4.79 Å². The average molecular weight is 258 g/mol. The lowest BCUT2D eigenvalue weighted by Gasteiger charge is -2.18. The Kier molecular flexibility index (Phi) is 7.96. The van der Waals surface area contributed by atoms with E-state index in [-0.39, 0.29) is 12.2 Å². The minimum atomic E-state index is -0.338. The van der Waals surface area contributed by atoms with Gasteiger partial charge < -0.3 is 20.1 Å². The van der Waals surface area contributed by atoms with E-state index in [0.717, 1.165) is 0 Å². The zero-order valence-corrected chi connectivity index (χ0v) is 11.5. The van der Waals surface area contributed by atoms with Crippen LogP contribution >= 0.6 is 0 Å². The molecule has 0 atom stereocenters. The van der Waals surface area contributed by atoms with Crippen LogP contribution < -0.4 is 10.6 Å². The number of rotatable bonds is 9. The first-order valence-electron chi connectivity index (χ1n) is 6.99. The molecule has 0 bridgehead atoms. The Morgan fingerprint density at radius 3 is 2.39 bits per heavy atom. The molecule has 1 saturated carbocycles. The number of hydrogen-bond acceptors (Lipinski definition) is 4. The van der Waals surface area contributed by atoms with Crippen LogP contribution in [0.2, 0.25) is 0 Å². The van der Waals surface area contributed by atoms with Crippen molar-refractivity contribution in [2.24, 2.45) is 0 Å². The van der Waals surface area contributed by atoms with Gasteiger partial charge >= 0.3 is 0 Å². The molecule has 2 N–H and O–H groups in total. The smallest absolute Gasteiger partial charge is 0.234 e. The maximum atomic E-state index is 11.6. The van der Waals surface area contributed by atoms with E-state index >= 15 is 0 Å². The molecule has 0 radical (unpaired) electrons. The van der Waals surface area contributed by atoms with Gasteiger partial charge in [-0.1, -0.05) is 12.8 Å². The molecule has 18 heavy (non-hydrogen) atoms. The molecule has 0 spiro atoms. The molecule has 1 amide bonds. The van der Waals surface area contributed by atoms with Crippen LogP contribution in [0.15, 0.2) is 0 Å². The maximum Gasteiger partial charge on any atom is 0.234 e. The highest BCUT2D eigenvalue weighted by atomic mass is 16.7. The predicted octanol–water partition coefficient (Wildman–Crippen LogP) is 1.03. The normalized spacial score (nSPS) is 16.4. The number of nitrogens with one attached hydrogen (secondary N) is 2. The first kappa shape index (κ1) is 15.4. The zero-order chi connectivity index (χ0) is 13.2. The third-order valence-corrected chi connectivity index (χ3v) is 3.08. The molecular formula is C13H26N2O3. The van der Waals surface area contributed by atoms with E-state index in [0.29, 0.717) is 32.3 Å². The molecule has 1 aliphatic carbocycles. The molecule has 0 aromatic heterocycles. The Morgan fingerprint density at radius 2 is 1.83 bits per heavy atom. The second-order valence-corrected chi connectivity index (χ2v) is 4.51. The van der Waals surface area contributed by atoms with Crippen LogP contribution in [0.1, 0.15) is 39.5 Å². The van der Waals surface area contributed by atoms with Gasteiger partial charge in [0.2, 0.25) is 5.91 Å². The molecule has 0 heterocycles. The third-order valence-electron chi connectivity index (χ3n) is 3.08. The molecule has 0 unspecified atom stereocenters. The quantitative estimate of drug-likeness (QED) is 0.607. The Morgan fingerprint density at radius 1 is 1.22 bits per heavy atom. The van der Waals surface area contributed by atoms with Crippen molar-refractivity contribution in [3.63, 3.8) is 0 Å². The van der Waals surface area contributed by atoms with Crippen molar-refractivity contribution in [2.75, 3.05) is 26.3 Å². The Bertz CT molecular complexity index is 224. The molecule has 1 aliphatic rings. The van der Waals surface area contributed by atoms with Crippen LogP contribution in [-0.2, 0) is 14.3 Å². The Labute approximate surface area is 110 Å². The van der Waals surface area contributed by atoms with Crippen molar-refractivity contribution < 1.29 is 14.3 Å². The van der Waals surface area contributed by atoms with E-state index in [1.807, 2.05) is 13.8 Å². The first-order valence-corrected chi connectivity index (χ1v) is 6.99. The predicted molar refractivity (Wildman–Crippen MR) is 70.3 cm³/mol. The fraction of sp³-hybridized carbons (Fsp3) is 0.923. The first-order chi connectivity index (χ1) is 8.76. The number of carbonyl (C=O) groups excluding carboxylic acids is 1. The molecule has 1 rings (SSSR count). The monoisotopic (exact) mass is 258 g/mol. The zero-order valence-electron chi connectivity index (χ0n) is 11.5. The lowest BCUT2D eigenvalue weighted by Crippen LogP contribution is -2.42. The van der Waals surface area contributed by atoms with Crippen molar-refractivity contribution in [2.45, 2.75) is 51.9 Å². The molecule has 5 nitrogen and oxygen atoms in total. The number of hydrogen-bond donors (Lipinski definition) is 2. The summed E-state index contributed by atoms with van der Waals surface area (Å²) in [4.78, 5) is 11.6. The van der Waals surface area contributed by atoms with E-state index in [1.165, 1.54) is 25.7 Å². The molecule has 0 saturated heterocycles. The molecule has 1 fully saturated rings. The summed E-state index contributed by atoms with van der Waals surface area (Å²) in [5, 5.41) is 6.10. The van der Waals surface area contributed by atoms with Gasteiger partial charge in [0.25, 0.3) is 0 Å². The fourth-order valence-electron chi connectivity index (χ4n) is 2.16. The topological polar surface area (TPSA) is 59.6 Å². The van der Waals surface area contributed by atoms with Gasteiger partial charge in [-0.25, -0.2) is 0 Å². The fourth-order valence-corrected chi connectivity index (χ4v) is 2.16. The summed E-state index contributed by atoms with van der Waals surface area (Å²) in [6.45, 7) is 5.79. The minimum Gasteiger partial charge on any atom is -0.351 e. The molecule has 5 heteroatoms. The average Bonchev–Trinajstić information content (AvgIpc) is 2.87. The van der Waals surface area contributed by atoms with Crippen molar-refractivity contribution in [3.8, 4) is 0 Å². The van der Waals surface area contributed by atoms with Crippen molar-refractivity contribution in [1.29, 1.82) is 0 Å². The van der Waals surface area contributed by atoms with Gasteiger partial charge in [-0.2, -0.15) is 0 Å². The maximum absolute atomic E-state index is 11.6. The largest absolute Gasteiger partial charge is 0.351 e. The Balaban J connectivity index is 2.10. The Hall–Kier alpha value is -0.650. The summed E-state index contributed by atoms with van der Waals surface area (Å²) >= 11 is 0. The number of ether oxygens (including phenoxy) is 2. The van der Waals surface area contributed by atoms with Gasteiger partial charge in [0.1, 0.15) is 0 Å². The van der Waals surface area contributed by atoms with Crippen LogP contribution in [0, 0.1) is 0 Å². The van der Waals surface area contributed by atoms with E-state index in [1.54, 1.807) is 0 Å². The third kappa shape index (κ3) is 6.33. The lowest BCUT2D eigenvalue weighted by atomic mass is 10.2. The summed E-state index contributed by atoms with van der Waals surface area (Å²) in [5.41, 5.74) is 0. The van der Waals surface area contributed by atoms with Gasteiger partial charge in [0.15, 0.2) is 6.29 Å². The van der Waals surface area contributed by atoms with Gasteiger partial charge in [-0.05, 0) is 26.7 Å². The molecular weight excluding hydrogens is 232 g/mol. The SMILES string of the molecule is CCOC(CNC(=O)CNC1CCCC1)OCC. The van der Waals surface area contributed by atoms with E-state index in [2.05, 4.69) is 10.6 Å². The second kappa shape index (κ2) is 9.30. The summed E-state index contributed by atoms with van der Waals surface area (Å²) in [6, 6.07) is 0.519. The van der Waals surface area contributed by atoms with Gasteiger partial charge in [0, 0.05) is 19.3 Å². The molecule has 106 valence electrons. The number of amides is 1. The highest BCUT2D eigenvalue weighted by Crippen LogP contribution is 2.17. The summed E-state index contributed by atoms with van der Waals surface area (Å²) < 4.78 is 10.7. The van der Waals surface area contributed by atoms with Crippen molar-refractivity contribution in [3.05, 3.63) is 0 Å². The van der Waals surface area contributed by atoms with Crippen LogP contribution in [0.5, 0.6) is 0 Å².